The minimum absolute atomic E-state index is 0.0874. The molecule has 0 saturated carbocycles. The molecule has 57 valence electrons. The lowest BCUT2D eigenvalue weighted by molar-refractivity contribution is 0.0963. The van der Waals surface area contributed by atoms with Gasteiger partial charge in [0.05, 0.1) is 0 Å². The van der Waals surface area contributed by atoms with E-state index in [-0.39, 0.29) is 5.91 Å². The number of hydrogen-bond donors (Lipinski definition) is 1. The third-order valence-electron chi connectivity index (χ3n) is 1.49. The van der Waals surface area contributed by atoms with Crippen molar-refractivity contribution in [2.24, 2.45) is 0 Å². The largest absolute Gasteiger partial charge is 0.355 e. The summed E-state index contributed by atoms with van der Waals surface area (Å²) >= 11 is 0. The average Bonchev–Trinajstić information content (AvgIpc) is 2.04. The minimum Gasteiger partial charge on any atom is -0.355 e. The maximum Gasteiger partial charge on any atom is 0.251 e. The lowest BCUT2D eigenvalue weighted by atomic mass is 10.1. The number of carbonyl (C=O) groups is 1. The van der Waals surface area contributed by atoms with E-state index in [1.807, 2.05) is 18.2 Å². The van der Waals surface area contributed by atoms with Gasteiger partial charge in [-0.2, -0.15) is 0 Å². The van der Waals surface area contributed by atoms with Crippen molar-refractivity contribution in [3.63, 3.8) is 0 Å². The summed E-state index contributed by atoms with van der Waals surface area (Å²) < 4.78 is 0. The Morgan fingerprint density at radius 2 is 2.09 bits per heavy atom. The lowest BCUT2D eigenvalue weighted by Crippen LogP contribution is -2.18. The molecule has 0 aliphatic rings. The molecule has 0 atom stereocenters. The van der Waals surface area contributed by atoms with Crippen molar-refractivity contribution >= 4 is 5.91 Å². The van der Waals surface area contributed by atoms with E-state index in [1.54, 1.807) is 13.1 Å². The van der Waals surface area contributed by atoms with Crippen LogP contribution in [0.5, 0.6) is 0 Å². The molecule has 2 nitrogen and oxygen atoms in total. The van der Waals surface area contributed by atoms with E-state index in [1.165, 1.54) is 0 Å². The van der Waals surface area contributed by atoms with Crippen molar-refractivity contribution in [1.82, 2.24) is 5.32 Å². The standard InChI is InChI=1S/C9H10NO/c1-7-5-3-4-6-8(7)9(11)10-2/h3-6H,1H2,2H3,(H,10,11). The fraction of sp³-hybridized carbons (Fsp3) is 0.111. The van der Waals surface area contributed by atoms with E-state index in [9.17, 15) is 4.79 Å². The van der Waals surface area contributed by atoms with E-state index in [4.69, 9.17) is 0 Å². The third-order valence-corrected chi connectivity index (χ3v) is 1.49. The molecule has 1 aromatic rings. The van der Waals surface area contributed by atoms with Crippen LogP contribution >= 0.6 is 0 Å². The second-order valence-electron chi connectivity index (χ2n) is 2.24. The first-order valence-electron chi connectivity index (χ1n) is 3.39. The summed E-state index contributed by atoms with van der Waals surface area (Å²) in [5.74, 6) is -0.0874. The first kappa shape index (κ1) is 7.79. The molecule has 0 aliphatic heterocycles. The normalized spacial score (nSPS) is 9.27. The zero-order chi connectivity index (χ0) is 8.27. The SMILES string of the molecule is [CH2]c1ccccc1C(=O)NC. The second kappa shape index (κ2) is 3.19. The molecule has 0 spiro atoms. The Bertz CT molecular complexity index is 268. The Labute approximate surface area is 66.2 Å². The van der Waals surface area contributed by atoms with E-state index in [2.05, 4.69) is 12.2 Å². The van der Waals surface area contributed by atoms with Crippen molar-refractivity contribution in [2.75, 3.05) is 7.05 Å². The predicted octanol–water partition coefficient (Wildman–Crippen LogP) is 1.23. The van der Waals surface area contributed by atoms with Crippen molar-refractivity contribution in [2.45, 2.75) is 0 Å². The Balaban J connectivity index is 3.03. The third kappa shape index (κ3) is 1.58. The van der Waals surface area contributed by atoms with Crippen LogP contribution in [0, 0.1) is 6.92 Å². The van der Waals surface area contributed by atoms with Crippen molar-refractivity contribution < 1.29 is 4.79 Å². The van der Waals surface area contributed by atoms with Gasteiger partial charge < -0.3 is 5.32 Å². The molecule has 0 heterocycles. The van der Waals surface area contributed by atoms with Gasteiger partial charge in [0.25, 0.3) is 5.91 Å². The van der Waals surface area contributed by atoms with Gasteiger partial charge in [-0.05, 0) is 18.6 Å². The molecule has 1 aromatic carbocycles. The number of rotatable bonds is 1. The molecule has 1 amide bonds. The molecular weight excluding hydrogens is 138 g/mol. The molecule has 1 radical (unpaired) electrons. The van der Waals surface area contributed by atoms with Crippen LogP contribution in [-0.4, -0.2) is 13.0 Å². The number of benzene rings is 1. The van der Waals surface area contributed by atoms with Gasteiger partial charge in [0.2, 0.25) is 0 Å². The summed E-state index contributed by atoms with van der Waals surface area (Å²) in [7, 11) is 1.61. The molecule has 1 N–H and O–H groups in total. The first-order chi connectivity index (χ1) is 5.25. The van der Waals surface area contributed by atoms with Gasteiger partial charge in [-0.3, -0.25) is 4.79 Å². The summed E-state index contributed by atoms with van der Waals surface area (Å²) in [5.41, 5.74) is 1.39. The second-order valence-corrected chi connectivity index (χ2v) is 2.24. The highest BCUT2D eigenvalue weighted by molar-refractivity contribution is 5.95. The molecule has 11 heavy (non-hydrogen) atoms. The number of hydrogen-bond acceptors (Lipinski definition) is 1. The van der Waals surface area contributed by atoms with Crippen LogP contribution in [0.1, 0.15) is 15.9 Å². The van der Waals surface area contributed by atoms with Crippen molar-refractivity contribution in [3.8, 4) is 0 Å². The molecule has 0 unspecified atom stereocenters. The maximum atomic E-state index is 11.1. The van der Waals surface area contributed by atoms with Gasteiger partial charge >= 0.3 is 0 Å². The molecule has 0 aliphatic carbocycles. The van der Waals surface area contributed by atoms with Crippen molar-refractivity contribution in [1.29, 1.82) is 0 Å². The maximum absolute atomic E-state index is 11.1. The smallest absolute Gasteiger partial charge is 0.251 e. The van der Waals surface area contributed by atoms with Crippen molar-refractivity contribution in [3.05, 3.63) is 42.3 Å². The summed E-state index contributed by atoms with van der Waals surface area (Å²) in [5, 5.41) is 2.54. The van der Waals surface area contributed by atoms with Crippen LogP contribution in [-0.2, 0) is 0 Å². The highest BCUT2D eigenvalue weighted by Gasteiger charge is 2.03. The van der Waals surface area contributed by atoms with E-state index in [0.29, 0.717) is 5.56 Å². The quantitative estimate of drug-likeness (QED) is 0.637. The van der Waals surface area contributed by atoms with Gasteiger partial charge in [-0.25, -0.2) is 0 Å². The summed E-state index contributed by atoms with van der Waals surface area (Å²) in [6, 6.07) is 7.24. The zero-order valence-corrected chi connectivity index (χ0v) is 6.42. The van der Waals surface area contributed by atoms with E-state index in [0.717, 1.165) is 5.56 Å². The van der Waals surface area contributed by atoms with E-state index >= 15 is 0 Å². The zero-order valence-electron chi connectivity index (χ0n) is 6.42. The molecule has 0 saturated heterocycles. The van der Waals surface area contributed by atoms with Crippen LogP contribution in [0.4, 0.5) is 0 Å². The minimum atomic E-state index is -0.0874. The van der Waals surface area contributed by atoms with Gasteiger partial charge in [0, 0.05) is 12.6 Å². The molecule has 2 heteroatoms. The van der Waals surface area contributed by atoms with Crippen LogP contribution < -0.4 is 5.32 Å². The Kier molecular flexibility index (Phi) is 2.26. The summed E-state index contributed by atoms with van der Waals surface area (Å²) in [4.78, 5) is 11.1. The van der Waals surface area contributed by atoms with Gasteiger partial charge in [0.1, 0.15) is 0 Å². The highest BCUT2D eigenvalue weighted by Crippen LogP contribution is 2.05. The lowest BCUT2D eigenvalue weighted by Gasteiger charge is -2.01. The Morgan fingerprint density at radius 1 is 1.45 bits per heavy atom. The monoisotopic (exact) mass is 148 g/mol. The van der Waals surface area contributed by atoms with Gasteiger partial charge in [-0.15, -0.1) is 0 Å². The fourth-order valence-corrected chi connectivity index (χ4v) is 0.876. The predicted molar refractivity (Wildman–Crippen MR) is 44.3 cm³/mol. The van der Waals surface area contributed by atoms with Gasteiger partial charge in [0.15, 0.2) is 0 Å². The number of nitrogens with one attached hydrogen (secondary N) is 1. The average molecular weight is 148 g/mol. The van der Waals surface area contributed by atoms with E-state index < -0.39 is 0 Å². The molecule has 0 fully saturated rings. The first-order valence-corrected chi connectivity index (χ1v) is 3.39. The fourth-order valence-electron chi connectivity index (χ4n) is 0.876. The topological polar surface area (TPSA) is 29.1 Å². The number of carbonyl (C=O) groups excluding carboxylic acids is 1. The molecule has 1 rings (SSSR count). The van der Waals surface area contributed by atoms with Gasteiger partial charge in [-0.1, -0.05) is 18.2 Å². The summed E-state index contributed by atoms with van der Waals surface area (Å²) in [6.07, 6.45) is 0. The molecular formula is C9H10NO. The molecule has 0 bridgehead atoms. The highest BCUT2D eigenvalue weighted by atomic mass is 16.1. The molecule has 0 aromatic heterocycles. The summed E-state index contributed by atoms with van der Waals surface area (Å²) in [6.45, 7) is 3.73. The van der Waals surface area contributed by atoms with Crippen LogP contribution in [0.25, 0.3) is 0 Å². The Hall–Kier alpha value is -1.31. The van der Waals surface area contributed by atoms with Crippen LogP contribution in [0.2, 0.25) is 0 Å². The Morgan fingerprint density at radius 3 is 2.64 bits per heavy atom. The van der Waals surface area contributed by atoms with Crippen LogP contribution in [0.3, 0.4) is 0 Å². The number of amides is 1. The van der Waals surface area contributed by atoms with Crippen LogP contribution in [0.15, 0.2) is 24.3 Å².